The van der Waals surface area contributed by atoms with Crippen molar-refractivity contribution in [1.29, 1.82) is 0 Å². The van der Waals surface area contributed by atoms with Gasteiger partial charge in [-0.2, -0.15) is 0 Å². The summed E-state index contributed by atoms with van der Waals surface area (Å²) in [6.45, 7) is 4.24. The number of aryl methyl sites for hydroxylation is 1. The summed E-state index contributed by atoms with van der Waals surface area (Å²) in [4.78, 5) is 4.23. The molecule has 1 aliphatic rings. The third-order valence-corrected chi connectivity index (χ3v) is 4.08. The van der Waals surface area contributed by atoms with E-state index < -0.39 is 0 Å². The highest BCUT2D eigenvalue weighted by Gasteiger charge is 2.11. The molecule has 0 bridgehead atoms. The van der Waals surface area contributed by atoms with Crippen LogP contribution in [-0.2, 0) is 25.8 Å². The number of nitrogens with zero attached hydrogens (tertiary/aromatic N) is 2. The summed E-state index contributed by atoms with van der Waals surface area (Å²) in [5.74, 6) is 2.60. The predicted molar refractivity (Wildman–Crippen MR) is 93.4 cm³/mol. The first kappa shape index (κ1) is 16.4. The van der Waals surface area contributed by atoms with E-state index in [1.54, 1.807) is 7.05 Å². The first-order valence-electron chi connectivity index (χ1n) is 8.42. The summed E-state index contributed by atoms with van der Waals surface area (Å²) in [6, 6.07) is 8.40. The van der Waals surface area contributed by atoms with Crippen molar-refractivity contribution in [3.05, 3.63) is 46.8 Å². The highest BCUT2D eigenvalue weighted by atomic mass is 16.5. The molecule has 128 valence electrons. The van der Waals surface area contributed by atoms with Crippen LogP contribution in [0.1, 0.15) is 29.5 Å². The molecule has 0 atom stereocenters. The Morgan fingerprint density at radius 3 is 3.00 bits per heavy atom. The van der Waals surface area contributed by atoms with E-state index in [2.05, 4.69) is 45.9 Å². The zero-order chi connectivity index (χ0) is 16.8. The zero-order valence-corrected chi connectivity index (χ0v) is 14.3. The van der Waals surface area contributed by atoms with Crippen LogP contribution in [0.5, 0.6) is 5.75 Å². The number of aliphatic imine (C=N–C) groups is 1. The lowest BCUT2D eigenvalue weighted by atomic mass is 10.1. The first-order chi connectivity index (χ1) is 11.8. The number of ether oxygens (including phenoxy) is 1. The molecule has 3 rings (SSSR count). The second kappa shape index (κ2) is 7.86. The molecule has 1 aliphatic heterocycles. The quantitative estimate of drug-likeness (QED) is 0.627. The molecule has 2 heterocycles. The van der Waals surface area contributed by atoms with Gasteiger partial charge in [-0.3, -0.25) is 4.99 Å². The van der Waals surface area contributed by atoms with Crippen LogP contribution in [0.4, 0.5) is 0 Å². The van der Waals surface area contributed by atoms with Gasteiger partial charge in [0, 0.05) is 26.1 Å². The van der Waals surface area contributed by atoms with Crippen LogP contribution in [0.25, 0.3) is 0 Å². The normalized spacial score (nSPS) is 13.5. The molecule has 2 aromatic rings. The van der Waals surface area contributed by atoms with E-state index in [1.807, 2.05) is 6.07 Å². The van der Waals surface area contributed by atoms with Gasteiger partial charge in [-0.1, -0.05) is 24.2 Å². The molecule has 24 heavy (non-hydrogen) atoms. The zero-order valence-electron chi connectivity index (χ0n) is 14.3. The van der Waals surface area contributed by atoms with Gasteiger partial charge in [0.25, 0.3) is 0 Å². The maximum Gasteiger partial charge on any atom is 0.191 e. The van der Waals surface area contributed by atoms with Crippen LogP contribution in [0.2, 0.25) is 0 Å². The van der Waals surface area contributed by atoms with Crippen molar-refractivity contribution in [1.82, 2.24) is 15.8 Å². The minimum absolute atomic E-state index is 0.572. The molecule has 1 aromatic carbocycles. The lowest BCUT2D eigenvalue weighted by Crippen LogP contribution is -2.37. The number of nitrogens with one attached hydrogen (secondary N) is 2. The largest absolute Gasteiger partial charge is 0.493 e. The van der Waals surface area contributed by atoms with Gasteiger partial charge >= 0.3 is 0 Å². The van der Waals surface area contributed by atoms with Gasteiger partial charge in [0.05, 0.1) is 18.8 Å². The molecule has 0 radical (unpaired) electrons. The highest BCUT2D eigenvalue weighted by Crippen LogP contribution is 2.25. The van der Waals surface area contributed by atoms with E-state index in [1.165, 1.54) is 11.1 Å². The van der Waals surface area contributed by atoms with Crippen LogP contribution in [0.15, 0.2) is 33.8 Å². The van der Waals surface area contributed by atoms with E-state index in [0.717, 1.165) is 55.6 Å². The van der Waals surface area contributed by atoms with Crippen molar-refractivity contribution >= 4 is 5.96 Å². The van der Waals surface area contributed by atoms with E-state index in [4.69, 9.17) is 9.26 Å². The number of hydrogen-bond acceptors (Lipinski definition) is 4. The summed E-state index contributed by atoms with van der Waals surface area (Å²) < 4.78 is 10.8. The molecule has 0 amide bonds. The number of guanidine groups is 1. The number of benzene rings is 1. The lowest BCUT2D eigenvalue weighted by molar-refractivity contribution is 0.357. The van der Waals surface area contributed by atoms with Crippen molar-refractivity contribution in [2.45, 2.75) is 32.7 Å². The third kappa shape index (κ3) is 4.07. The Labute approximate surface area is 142 Å². The minimum Gasteiger partial charge on any atom is -0.493 e. The van der Waals surface area contributed by atoms with E-state index in [-0.39, 0.29) is 0 Å². The fourth-order valence-electron chi connectivity index (χ4n) is 2.72. The summed E-state index contributed by atoms with van der Waals surface area (Å²) >= 11 is 0. The van der Waals surface area contributed by atoms with Gasteiger partial charge in [-0.15, -0.1) is 0 Å². The van der Waals surface area contributed by atoms with Crippen molar-refractivity contribution in [2.75, 3.05) is 20.2 Å². The van der Waals surface area contributed by atoms with Crippen molar-refractivity contribution < 1.29 is 9.26 Å². The van der Waals surface area contributed by atoms with Gasteiger partial charge in [0.1, 0.15) is 5.75 Å². The molecule has 2 N–H and O–H groups in total. The van der Waals surface area contributed by atoms with E-state index in [0.29, 0.717) is 6.54 Å². The Balaban J connectivity index is 1.44. The number of fused-ring (bicyclic) bond motifs is 1. The van der Waals surface area contributed by atoms with Crippen LogP contribution in [-0.4, -0.2) is 31.3 Å². The lowest BCUT2D eigenvalue weighted by Gasteiger charge is -2.11. The Hall–Kier alpha value is -2.50. The van der Waals surface area contributed by atoms with E-state index in [9.17, 15) is 0 Å². The van der Waals surface area contributed by atoms with Gasteiger partial charge in [0.2, 0.25) is 0 Å². The number of aromatic nitrogens is 1. The molecule has 0 unspecified atom stereocenters. The molecule has 0 fully saturated rings. The maximum atomic E-state index is 5.54. The molecule has 6 heteroatoms. The smallest absolute Gasteiger partial charge is 0.191 e. The first-order valence-corrected chi connectivity index (χ1v) is 8.42. The van der Waals surface area contributed by atoms with Crippen LogP contribution in [0.3, 0.4) is 0 Å². The number of hydrogen-bond donors (Lipinski definition) is 2. The highest BCUT2D eigenvalue weighted by molar-refractivity contribution is 5.79. The second-order valence-corrected chi connectivity index (χ2v) is 5.78. The molecule has 0 spiro atoms. The standard InChI is InChI=1S/C18H24N4O2/c1-3-15-11-16(24-22-15)12-21-18(19-2)20-8-6-13-4-5-17-14(10-13)7-9-23-17/h4-5,10-11H,3,6-9,12H2,1-2H3,(H2,19,20,21). The summed E-state index contributed by atoms with van der Waals surface area (Å²) in [7, 11) is 1.76. The Bertz CT molecular complexity index is 709. The van der Waals surface area contributed by atoms with Gasteiger partial charge in [0.15, 0.2) is 11.7 Å². The molecule has 1 aromatic heterocycles. The SMILES string of the molecule is CCc1cc(CNC(=NC)NCCc2ccc3c(c2)CCO3)on1. The van der Waals surface area contributed by atoms with Crippen molar-refractivity contribution in [2.24, 2.45) is 4.99 Å². The topological polar surface area (TPSA) is 71.7 Å². The Morgan fingerprint density at radius 2 is 2.21 bits per heavy atom. The summed E-state index contributed by atoms with van der Waals surface area (Å²) in [5.41, 5.74) is 3.59. The van der Waals surface area contributed by atoms with E-state index >= 15 is 0 Å². The Kier molecular flexibility index (Phi) is 5.36. The molecule has 6 nitrogen and oxygen atoms in total. The fraction of sp³-hybridized carbons (Fsp3) is 0.444. The monoisotopic (exact) mass is 328 g/mol. The molecule has 0 saturated heterocycles. The molecule has 0 saturated carbocycles. The fourth-order valence-corrected chi connectivity index (χ4v) is 2.72. The third-order valence-electron chi connectivity index (χ3n) is 4.08. The summed E-state index contributed by atoms with van der Waals surface area (Å²) in [6.07, 6.45) is 2.83. The Morgan fingerprint density at radius 1 is 1.29 bits per heavy atom. The van der Waals surface area contributed by atoms with Crippen molar-refractivity contribution in [3.8, 4) is 5.75 Å². The van der Waals surface area contributed by atoms with Crippen LogP contribution >= 0.6 is 0 Å². The van der Waals surface area contributed by atoms with Gasteiger partial charge in [-0.25, -0.2) is 0 Å². The maximum absolute atomic E-state index is 5.54. The minimum atomic E-state index is 0.572. The molecular weight excluding hydrogens is 304 g/mol. The van der Waals surface area contributed by atoms with Crippen molar-refractivity contribution in [3.63, 3.8) is 0 Å². The molecular formula is C18H24N4O2. The van der Waals surface area contributed by atoms with Crippen LogP contribution < -0.4 is 15.4 Å². The average molecular weight is 328 g/mol. The molecule has 0 aliphatic carbocycles. The predicted octanol–water partition coefficient (Wildman–Crippen LogP) is 2.08. The average Bonchev–Trinajstić information content (AvgIpc) is 3.26. The van der Waals surface area contributed by atoms with Crippen LogP contribution in [0, 0.1) is 0 Å². The second-order valence-electron chi connectivity index (χ2n) is 5.78. The number of rotatable bonds is 6. The summed E-state index contributed by atoms with van der Waals surface area (Å²) in [5, 5.41) is 10.5. The van der Waals surface area contributed by atoms with Gasteiger partial charge in [-0.05, 0) is 30.0 Å². The van der Waals surface area contributed by atoms with Gasteiger partial charge < -0.3 is 19.9 Å².